The van der Waals surface area contributed by atoms with Gasteiger partial charge in [-0.3, -0.25) is 0 Å². The van der Waals surface area contributed by atoms with Gasteiger partial charge >= 0.3 is 0 Å². The summed E-state index contributed by atoms with van der Waals surface area (Å²) in [6, 6.07) is 8.68. The van der Waals surface area contributed by atoms with Crippen LogP contribution in [-0.2, 0) is 0 Å². The Labute approximate surface area is 394 Å². The molecular formula is C54H113N9. The average molecular weight is 889 g/mol. The third kappa shape index (κ3) is 23.0. The van der Waals surface area contributed by atoms with Crippen LogP contribution in [0.3, 0.4) is 0 Å². The summed E-state index contributed by atoms with van der Waals surface area (Å²) < 4.78 is 0. The predicted octanol–water partition coefficient (Wildman–Crippen LogP) is 9.41. The SMILES string of the molecule is CC(C)N1CCC(NC2CC2)CC1.CC(C)N1CCC(NC2CCC2)CC1.CCC1CCCN(C(C)C)C1.CCCN(C)C1CCN(C(C)C)CC1.CNC1CCN(C(C)C)CC1. The number of rotatable bonds is 14. The van der Waals surface area contributed by atoms with Crippen molar-refractivity contribution >= 4 is 0 Å². The van der Waals surface area contributed by atoms with Crippen molar-refractivity contribution in [3.63, 3.8) is 0 Å². The lowest BCUT2D eigenvalue weighted by Crippen LogP contribution is -2.49. The molecule has 0 bridgehead atoms. The first-order valence-electron chi connectivity index (χ1n) is 27.7. The van der Waals surface area contributed by atoms with E-state index in [1.165, 1.54) is 181 Å². The van der Waals surface area contributed by atoms with Crippen LogP contribution in [0.5, 0.6) is 0 Å². The molecule has 5 heterocycles. The summed E-state index contributed by atoms with van der Waals surface area (Å²) in [5, 5.41) is 10.9. The molecular weight excluding hydrogens is 775 g/mol. The van der Waals surface area contributed by atoms with Gasteiger partial charge in [-0.05, 0) is 251 Å². The highest BCUT2D eigenvalue weighted by Crippen LogP contribution is 2.24. The van der Waals surface area contributed by atoms with Crippen LogP contribution in [0.1, 0.15) is 192 Å². The molecule has 0 spiro atoms. The van der Waals surface area contributed by atoms with Crippen molar-refractivity contribution in [1.82, 2.24) is 45.3 Å². The summed E-state index contributed by atoms with van der Waals surface area (Å²) >= 11 is 0. The van der Waals surface area contributed by atoms with Crippen LogP contribution in [0.2, 0.25) is 0 Å². The molecule has 0 radical (unpaired) electrons. The summed E-state index contributed by atoms with van der Waals surface area (Å²) in [6.45, 7) is 41.8. The van der Waals surface area contributed by atoms with Gasteiger partial charge in [0, 0.05) is 73.0 Å². The van der Waals surface area contributed by atoms with E-state index >= 15 is 0 Å². The highest BCUT2D eigenvalue weighted by molar-refractivity contribution is 4.88. The van der Waals surface area contributed by atoms with Crippen LogP contribution >= 0.6 is 0 Å². The van der Waals surface area contributed by atoms with E-state index in [0.29, 0.717) is 0 Å². The van der Waals surface area contributed by atoms with Crippen molar-refractivity contribution < 1.29 is 0 Å². The fourth-order valence-corrected chi connectivity index (χ4v) is 10.6. The van der Waals surface area contributed by atoms with E-state index in [-0.39, 0.29) is 0 Å². The Kier molecular flexibility index (Phi) is 28.6. The van der Waals surface area contributed by atoms with Crippen molar-refractivity contribution in [2.24, 2.45) is 5.92 Å². The van der Waals surface area contributed by atoms with E-state index < -0.39 is 0 Å². The van der Waals surface area contributed by atoms with Gasteiger partial charge in [0.15, 0.2) is 0 Å². The number of piperidine rings is 5. The van der Waals surface area contributed by atoms with Crippen LogP contribution in [0.25, 0.3) is 0 Å². The molecule has 5 saturated heterocycles. The maximum Gasteiger partial charge on any atom is 0.0117 e. The number of nitrogens with one attached hydrogen (secondary N) is 3. The molecule has 7 aliphatic rings. The summed E-state index contributed by atoms with van der Waals surface area (Å²) in [6.07, 6.45) is 23.4. The van der Waals surface area contributed by atoms with E-state index in [2.05, 4.69) is 143 Å². The molecule has 0 aromatic carbocycles. The lowest BCUT2D eigenvalue weighted by molar-refractivity contribution is 0.108. The Morgan fingerprint density at radius 3 is 1.11 bits per heavy atom. The number of likely N-dealkylation sites (tertiary alicyclic amines) is 5. The van der Waals surface area contributed by atoms with E-state index in [9.17, 15) is 0 Å². The fraction of sp³-hybridized carbons (Fsp3) is 1.00. The van der Waals surface area contributed by atoms with Crippen molar-refractivity contribution in [1.29, 1.82) is 0 Å². The first-order chi connectivity index (χ1) is 30.1. The fourth-order valence-electron chi connectivity index (χ4n) is 10.6. The molecule has 3 N–H and O–H groups in total. The zero-order chi connectivity index (χ0) is 46.3. The van der Waals surface area contributed by atoms with E-state index in [1.54, 1.807) is 0 Å². The molecule has 2 aliphatic carbocycles. The van der Waals surface area contributed by atoms with Crippen LogP contribution < -0.4 is 16.0 Å². The highest BCUT2D eigenvalue weighted by atomic mass is 15.2. The van der Waals surface area contributed by atoms with Gasteiger partial charge in [0.25, 0.3) is 0 Å². The van der Waals surface area contributed by atoms with Gasteiger partial charge in [0.1, 0.15) is 0 Å². The standard InChI is InChI=1S/C12H24N2.C12H26N2.C11H22N2.C10H21N.C9H20N2/c1-10(2)14-8-6-12(7-9-14)13-11-4-3-5-11;1-5-8-13(4)12-6-9-14(10-7-12)11(2)3;1-9(2)13-7-5-11(6-8-13)12-10-3-4-10;1-4-10-6-5-7-11(8-10)9(2)3;1-8(2)11-6-4-9(10-3)5-7-11/h10-13H,3-9H2,1-2H3;11-12H,5-10H2,1-4H3;9-12H,3-8H2,1-2H3;9-10H,4-8H2,1-3H3;8-10H,4-7H2,1-3H3. The minimum atomic E-state index is 0.729. The van der Waals surface area contributed by atoms with Gasteiger partial charge in [-0.2, -0.15) is 0 Å². The van der Waals surface area contributed by atoms with E-state index in [0.717, 1.165) is 72.4 Å². The first-order valence-corrected chi connectivity index (χ1v) is 27.7. The second-order valence-corrected chi connectivity index (χ2v) is 22.6. The normalized spacial score (nSPS) is 25.0. The maximum atomic E-state index is 3.79. The molecule has 0 aromatic heterocycles. The first kappa shape index (κ1) is 57.0. The van der Waals surface area contributed by atoms with Gasteiger partial charge in [-0.15, -0.1) is 0 Å². The predicted molar refractivity (Wildman–Crippen MR) is 278 cm³/mol. The topological polar surface area (TPSA) is 55.5 Å². The molecule has 7 fully saturated rings. The molecule has 9 nitrogen and oxygen atoms in total. The van der Waals surface area contributed by atoms with E-state index in [4.69, 9.17) is 0 Å². The van der Waals surface area contributed by atoms with Gasteiger partial charge in [-0.1, -0.05) is 26.7 Å². The van der Waals surface area contributed by atoms with Crippen molar-refractivity contribution in [3.8, 4) is 0 Å². The van der Waals surface area contributed by atoms with Crippen LogP contribution in [0, 0.1) is 5.92 Å². The van der Waals surface area contributed by atoms with Crippen molar-refractivity contribution in [3.05, 3.63) is 0 Å². The lowest BCUT2D eigenvalue weighted by atomic mass is 9.91. The average Bonchev–Trinajstić information content (AvgIpc) is 4.10. The number of hydrogen-bond acceptors (Lipinski definition) is 9. The summed E-state index contributed by atoms with van der Waals surface area (Å²) in [4.78, 5) is 15.5. The van der Waals surface area contributed by atoms with Crippen molar-refractivity contribution in [2.75, 3.05) is 86.1 Å². The van der Waals surface area contributed by atoms with Gasteiger partial charge in [0.2, 0.25) is 0 Å². The third-order valence-corrected chi connectivity index (χ3v) is 16.1. The monoisotopic (exact) mass is 888 g/mol. The van der Waals surface area contributed by atoms with Crippen LogP contribution in [0.15, 0.2) is 0 Å². The molecule has 0 aromatic rings. The Balaban J connectivity index is 0.000000210. The quantitative estimate of drug-likeness (QED) is 0.159. The minimum Gasteiger partial charge on any atom is -0.317 e. The zero-order valence-corrected chi connectivity index (χ0v) is 44.9. The maximum absolute atomic E-state index is 3.79. The number of hydrogen-bond donors (Lipinski definition) is 3. The van der Waals surface area contributed by atoms with Crippen LogP contribution in [-0.4, -0.2) is 182 Å². The molecule has 5 aliphatic heterocycles. The van der Waals surface area contributed by atoms with Gasteiger partial charge in [0.05, 0.1) is 0 Å². The largest absolute Gasteiger partial charge is 0.317 e. The van der Waals surface area contributed by atoms with Gasteiger partial charge < -0.3 is 45.3 Å². The van der Waals surface area contributed by atoms with E-state index in [1.807, 2.05) is 0 Å². The lowest BCUT2D eigenvalue weighted by Gasteiger charge is -2.38. The van der Waals surface area contributed by atoms with Crippen LogP contribution in [0.4, 0.5) is 0 Å². The van der Waals surface area contributed by atoms with Crippen molar-refractivity contribution in [2.45, 2.75) is 259 Å². The molecule has 7 rings (SSSR count). The highest BCUT2D eigenvalue weighted by Gasteiger charge is 2.28. The molecule has 63 heavy (non-hydrogen) atoms. The summed E-state index contributed by atoms with van der Waals surface area (Å²) in [5.74, 6) is 0.978. The molecule has 0 amide bonds. The minimum absolute atomic E-state index is 0.729. The Morgan fingerprint density at radius 2 is 0.794 bits per heavy atom. The second-order valence-electron chi connectivity index (χ2n) is 22.6. The zero-order valence-electron chi connectivity index (χ0n) is 44.9. The van der Waals surface area contributed by atoms with Gasteiger partial charge in [-0.25, -0.2) is 0 Å². The third-order valence-electron chi connectivity index (χ3n) is 16.1. The second kappa shape index (κ2) is 31.6. The molecule has 1 atom stereocenters. The Bertz CT molecular complexity index is 1080. The molecule has 9 heteroatoms. The summed E-state index contributed by atoms with van der Waals surface area (Å²) in [5.41, 5.74) is 0. The smallest absolute Gasteiger partial charge is 0.0117 e. The molecule has 1 unspecified atom stereocenters. The Morgan fingerprint density at radius 1 is 0.429 bits per heavy atom. The molecule has 2 saturated carbocycles. The number of nitrogens with zero attached hydrogens (tertiary/aromatic N) is 6. The molecule has 374 valence electrons. The summed E-state index contributed by atoms with van der Waals surface area (Å²) in [7, 11) is 4.34. The Hall–Kier alpha value is -0.360.